The molecular formula is H11CrMnO4SbTi. The minimum atomic E-state index is 0. The van der Waals surface area contributed by atoms with Gasteiger partial charge in [-0.15, -0.1) is 0 Å². The third-order valence-corrected chi connectivity index (χ3v) is 0. The third kappa shape index (κ3) is 79.0. The van der Waals surface area contributed by atoms with Gasteiger partial charge in [0, 0.05) is 56.1 Å². The van der Waals surface area contributed by atoms with E-state index in [2.05, 4.69) is 0 Å². The molecule has 0 aliphatic carbocycles. The van der Waals surface area contributed by atoms with Gasteiger partial charge < -0.3 is 21.9 Å². The maximum absolute atomic E-state index is 0. The zero-order valence-corrected chi connectivity index (χ0v) is 12.0. The van der Waals surface area contributed by atoms with Crippen molar-refractivity contribution in [1.29, 1.82) is 0 Å². The molecular weight excluding hydrogens is 341 g/mol. The summed E-state index contributed by atoms with van der Waals surface area (Å²) in [4.78, 5) is 0. The Hall–Kier alpha value is 2.42. The van der Waals surface area contributed by atoms with Crippen molar-refractivity contribution in [2.24, 2.45) is 0 Å². The molecule has 1 radical (unpaired) electrons. The minimum absolute atomic E-state index is 0. The van der Waals surface area contributed by atoms with Gasteiger partial charge in [0.2, 0.25) is 0 Å². The normalized spacial score (nSPS) is 0. The summed E-state index contributed by atoms with van der Waals surface area (Å²) in [6, 6.07) is 0. The molecule has 0 aliphatic heterocycles. The van der Waals surface area contributed by atoms with Gasteiger partial charge in [-0.1, -0.05) is 0 Å². The van der Waals surface area contributed by atoms with Crippen LogP contribution in [0.15, 0.2) is 0 Å². The van der Waals surface area contributed by atoms with Gasteiger partial charge in [0.1, 0.15) is 0 Å². The molecule has 0 rings (SSSR count). The van der Waals surface area contributed by atoms with Gasteiger partial charge in [-0.3, -0.25) is 0 Å². The van der Waals surface area contributed by atoms with Gasteiger partial charge in [-0.25, -0.2) is 0 Å². The molecule has 0 atom stereocenters. The Balaban J connectivity index is 0. The van der Waals surface area contributed by atoms with E-state index in [0.717, 1.165) is 0 Å². The van der Waals surface area contributed by atoms with Crippen LogP contribution in [0, 0.1) is 0 Å². The van der Waals surface area contributed by atoms with Crippen LogP contribution in [0.3, 0.4) is 0 Å². The van der Waals surface area contributed by atoms with Gasteiger partial charge in [0.05, 0.1) is 0 Å². The van der Waals surface area contributed by atoms with Gasteiger partial charge in [0.15, 0.2) is 0 Å². The Bertz CT molecular complexity index is 16.0. The second-order valence-corrected chi connectivity index (χ2v) is 0. The van der Waals surface area contributed by atoms with E-state index < -0.39 is 0 Å². The molecule has 0 unspecified atom stereocenters. The van der Waals surface area contributed by atoms with Crippen LogP contribution >= 0.6 is 0 Å². The first-order valence-electron chi connectivity index (χ1n) is 0. The summed E-state index contributed by atoms with van der Waals surface area (Å²) in [6.07, 6.45) is 0. The van der Waals surface area contributed by atoms with Gasteiger partial charge in [-0.05, 0) is 0 Å². The SMILES string of the molecule is O.O.O.O.[Cr].[Mn].[SbH3].[Ti]. The standard InChI is InChI=1S/Cr.Mn.4H2O.Sb.Ti.3H/h;;4*1H2;;;;;. The summed E-state index contributed by atoms with van der Waals surface area (Å²) in [6.45, 7) is 0. The Morgan fingerprint density at radius 1 is 0.625 bits per heavy atom. The van der Waals surface area contributed by atoms with Crippen LogP contribution in [-0.2, 0) is 56.1 Å². The smallest absolute Gasteiger partial charge is 0 e. The van der Waals surface area contributed by atoms with Crippen LogP contribution < -0.4 is 0 Å². The van der Waals surface area contributed by atoms with Crippen molar-refractivity contribution in [3.8, 4) is 0 Å². The van der Waals surface area contributed by atoms with Crippen LogP contribution in [0.25, 0.3) is 0 Å². The fourth-order valence-corrected chi connectivity index (χ4v) is 0. The molecule has 8 heavy (non-hydrogen) atoms. The quantitative estimate of drug-likeness (QED) is 0.390. The molecule has 0 heterocycles. The number of rotatable bonds is 0. The second-order valence-electron chi connectivity index (χ2n) is 0. The number of hydrogen-bond acceptors (Lipinski definition) is 0. The molecule has 0 spiro atoms. The molecule has 0 amide bonds. The average Bonchev–Trinajstić information content (AvgIpc) is 0. The second kappa shape index (κ2) is 114. The summed E-state index contributed by atoms with van der Waals surface area (Å²) < 4.78 is 0. The topological polar surface area (TPSA) is 126 Å². The van der Waals surface area contributed by atoms with E-state index >= 15 is 0 Å². The maximum Gasteiger partial charge on any atom is 0 e. The van der Waals surface area contributed by atoms with Gasteiger partial charge in [-0.2, -0.15) is 0 Å². The molecule has 0 aromatic heterocycles. The molecule has 0 aromatic carbocycles. The van der Waals surface area contributed by atoms with Crippen molar-refractivity contribution in [2.45, 2.75) is 0 Å². The van der Waals surface area contributed by atoms with E-state index in [1.54, 1.807) is 0 Å². The molecule has 0 bridgehead atoms. The molecule has 57 valence electrons. The monoisotopic (exact) mass is 351 g/mol. The van der Waals surface area contributed by atoms with Crippen LogP contribution in [-0.4, -0.2) is 46.3 Å². The first-order chi connectivity index (χ1) is 0. The first-order valence-corrected chi connectivity index (χ1v) is 0. The zero-order chi connectivity index (χ0) is 0. The third-order valence-electron chi connectivity index (χ3n) is 0. The van der Waals surface area contributed by atoms with Crippen LogP contribution in [0.5, 0.6) is 0 Å². The van der Waals surface area contributed by atoms with E-state index in [9.17, 15) is 0 Å². The molecule has 0 fully saturated rings. The Morgan fingerprint density at radius 3 is 0.625 bits per heavy atom. The van der Waals surface area contributed by atoms with E-state index in [0.29, 0.717) is 0 Å². The fraction of sp³-hybridized carbons (Fsp3) is 0. The summed E-state index contributed by atoms with van der Waals surface area (Å²) in [5.74, 6) is 0. The van der Waals surface area contributed by atoms with Crippen LogP contribution in [0.1, 0.15) is 0 Å². The van der Waals surface area contributed by atoms with E-state index in [1.807, 2.05) is 0 Å². The maximum atomic E-state index is 0. The molecule has 0 aromatic rings. The molecule has 8 N–H and O–H groups in total. The predicted octanol–water partition coefficient (Wildman–Crippen LogP) is -4.49. The Kier molecular flexibility index (Phi) is 2240. The van der Waals surface area contributed by atoms with E-state index in [1.165, 1.54) is 0 Å². The van der Waals surface area contributed by atoms with Crippen molar-refractivity contribution in [1.82, 2.24) is 0 Å². The van der Waals surface area contributed by atoms with Gasteiger partial charge >= 0.3 is 24.4 Å². The summed E-state index contributed by atoms with van der Waals surface area (Å²) in [5, 5.41) is 0. The summed E-state index contributed by atoms with van der Waals surface area (Å²) in [5.41, 5.74) is 0. The Labute approximate surface area is 101 Å². The Morgan fingerprint density at radius 2 is 0.625 bits per heavy atom. The van der Waals surface area contributed by atoms with E-state index in [4.69, 9.17) is 0 Å². The average molecular weight is 352 g/mol. The molecule has 0 aliphatic rings. The molecule has 4 nitrogen and oxygen atoms in total. The largest absolute Gasteiger partial charge is 0 e. The molecule has 0 saturated heterocycles. The fourth-order valence-electron chi connectivity index (χ4n) is 0. The predicted molar refractivity (Wildman–Crippen MR) is 24.4 cm³/mol. The van der Waals surface area contributed by atoms with Crippen LogP contribution in [0.2, 0.25) is 0 Å². The van der Waals surface area contributed by atoms with E-state index in [-0.39, 0.29) is 102 Å². The van der Waals surface area contributed by atoms with Crippen molar-refractivity contribution in [3.05, 3.63) is 0 Å². The van der Waals surface area contributed by atoms with Crippen molar-refractivity contribution in [3.63, 3.8) is 0 Å². The minimum Gasteiger partial charge on any atom is 0 e. The van der Waals surface area contributed by atoms with Crippen LogP contribution in [0.4, 0.5) is 0 Å². The first kappa shape index (κ1) is 158. The van der Waals surface area contributed by atoms with Crippen molar-refractivity contribution < 1.29 is 78.1 Å². The number of hydrogen-bond donors (Lipinski definition) is 0. The van der Waals surface area contributed by atoms with Crippen molar-refractivity contribution >= 4 is 24.4 Å². The van der Waals surface area contributed by atoms with Crippen molar-refractivity contribution in [2.75, 3.05) is 0 Å². The summed E-state index contributed by atoms with van der Waals surface area (Å²) in [7, 11) is 0. The van der Waals surface area contributed by atoms with Gasteiger partial charge in [0.25, 0.3) is 0 Å². The zero-order valence-electron chi connectivity index (χ0n) is 3.99. The molecule has 8 heteroatoms. The molecule has 0 saturated carbocycles. The summed E-state index contributed by atoms with van der Waals surface area (Å²) >= 11 is 0.